The predicted molar refractivity (Wildman–Crippen MR) is 221 cm³/mol. The summed E-state index contributed by atoms with van der Waals surface area (Å²) in [5.41, 5.74) is 14.5. The molecule has 0 radical (unpaired) electrons. The number of aromatic nitrogens is 1. The van der Waals surface area contributed by atoms with E-state index in [0.29, 0.717) is 0 Å². The molecule has 0 saturated heterocycles. The molecule has 0 aliphatic rings. The molecule has 2 heterocycles. The largest absolute Gasteiger partial charge is 0.456 e. The lowest BCUT2D eigenvalue weighted by molar-refractivity contribution is 0.589. The van der Waals surface area contributed by atoms with E-state index in [9.17, 15) is 0 Å². The van der Waals surface area contributed by atoms with E-state index in [1.807, 2.05) is 12.1 Å². The molecule has 0 atom stereocenters. The van der Waals surface area contributed by atoms with E-state index >= 15 is 0 Å². The zero-order valence-corrected chi connectivity index (χ0v) is 30.2. The van der Waals surface area contributed by atoms with Crippen LogP contribution in [0, 0.1) is 13.8 Å². The van der Waals surface area contributed by atoms with Gasteiger partial charge in [-0.3, -0.25) is 0 Å². The van der Waals surface area contributed by atoms with Crippen LogP contribution < -0.4 is 10.2 Å². The van der Waals surface area contributed by atoms with Crippen molar-refractivity contribution in [1.82, 2.24) is 4.57 Å². The molecule has 52 heavy (non-hydrogen) atoms. The molecule has 0 saturated carbocycles. The standard InChI is InChI=1S/C48H41N3O/c1-31-26-33(48(3,4)5)27-32(2)47(31)50(38-23-25-40-39-18-9-11-20-43(39)51(44(40)30-38)36-15-7-6-8-16-36)37-17-13-14-34(28-37)49-35-22-24-42-41-19-10-12-21-45(41)52-46(42)29-35/h6-30,49H,1-5H3. The summed E-state index contributed by atoms with van der Waals surface area (Å²) in [5.74, 6) is 0. The van der Waals surface area contributed by atoms with Gasteiger partial charge in [0, 0.05) is 56.0 Å². The van der Waals surface area contributed by atoms with E-state index in [1.54, 1.807) is 0 Å². The van der Waals surface area contributed by atoms with Crippen molar-refractivity contribution in [3.63, 3.8) is 0 Å². The number of aryl methyl sites for hydroxylation is 2. The van der Waals surface area contributed by atoms with Crippen LogP contribution in [0.25, 0.3) is 49.4 Å². The molecule has 4 nitrogen and oxygen atoms in total. The minimum atomic E-state index is 0.0409. The highest BCUT2D eigenvalue weighted by molar-refractivity contribution is 6.10. The monoisotopic (exact) mass is 675 g/mol. The summed E-state index contributed by atoms with van der Waals surface area (Å²) < 4.78 is 8.61. The number of anilines is 5. The summed E-state index contributed by atoms with van der Waals surface area (Å²) in [7, 11) is 0. The molecule has 2 aromatic heterocycles. The summed E-state index contributed by atoms with van der Waals surface area (Å²) in [4.78, 5) is 2.43. The van der Waals surface area contributed by atoms with Gasteiger partial charge in [0.15, 0.2) is 0 Å². The fraction of sp³-hybridized carbons (Fsp3) is 0.125. The zero-order valence-electron chi connectivity index (χ0n) is 30.2. The Hall–Kier alpha value is -6.26. The highest BCUT2D eigenvalue weighted by Crippen LogP contribution is 2.44. The molecular formula is C48H41N3O. The van der Waals surface area contributed by atoms with Gasteiger partial charge in [-0.15, -0.1) is 0 Å². The molecule has 0 bridgehead atoms. The van der Waals surface area contributed by atoms with Gasteiger partial charge >= 0.3 is 0 Å². The normalized spacial score (nSPS) is 11.9. The van der Waals surface area contributed by atoms with Crippen molar-refractivity contribution in [3.05, 3.63) is 168 Å². The van der Waals surface area contributed by atoms with Crippen LogP contribution in [0.5, 0.6) is 0 Å². The molecule has 4 heteroatoms. The van der Waals surface area contributed by atoms with Gasteiger partial charge in [0.1, 0.15) is 11.2 Å². The molecule has 0 amide bonds. The minimum Gasteiger partial charge on any atom is -0.456 e. The summed E-state index contributed by atoms with van der Waals surface area (Å²) in [6.45, 7) is 11.3. The number of hydrogen-bond donors (Lipinski definition) is 1. The molecular weight excluding hydrogens is 635 g/mol. The first-order chi connectivity index (χ1) is 25.2. The van der Waals surface area contributed by atoms with Crippen LogP contribution in [0.4, 0.5) is 28.4 Å². The molecule has 254 valence electrons. The Kier molecular flexibility index (Phi) is 7.44. The first-order valence-corrected chi connectivity index (χ1v) is 18.0. The third-order valence-corrected chi connectivity index (χ3v) is 10.3. The molecule has 0 aliphatic carbocycles. The third-order valence-electron chi connectivity index (χ3n) is 10.3. The second-order valence-corrected chi connectivity index (χ2v) is 14.9. The predicted octanol–water partition coefficient (Wildman–Crippen LogP) is 13.8. The Morgan fingerprint density at radius 1 is 0.519 bits per heavy atom. The number of nitrogens with zero attached hydrogens (tertiary/aromatic N) is 2. The highest BCUT2D eigenvalue weighted by atomic mass is 16.3. The van der Waals surface area contributed by atoms with Crippen LogP contribution in [-0.2, 0) is 5.41 Å². The fourth-order valence-corrected chi connectivity index (χ4v) is 7.80. The first-order valence-electron chi connectivity index (χ1n) is 18.0. The van der Waals surface area contributed by atoms with Crippen LogP contribution >= 0.6 is 0 Å². The van der Waals surface area contributed by atoms with Gasteiger partial charge in [0.25, 0.3) is 0 Å². The van der Waals surface area contributed by atoms with E-state index in [1.165, 1.54) is 44.2 Å². The Morgan fingerprint density at radius 3 is 1.94 bits per heavy atom. The Bertz CT molecular complexity index is 2760. The van der Waals surface area contributed by atoms with Crippen LogP contribution in [-0.4, -0.2) is 4.57 Å². The second kappa shape index (κ2) is 12.2. The molecule has 0 unspecified atom stereocenters. The van der Waals surface area contributed by atoms with Crippen molar-refractivity contribution in [2.24, 2.45) is 0 Å². The topological polar surface area (TPSA) is 33.3 Å². The number of furan rings is 1. The van der Waals surface area contributed by atoms with E-state index < -0.39 is 0 Å². The number of hydrogen-bond acceptors (Lipinski definition) is 3. The van der Waals surface area contributed by atoms with Crippen molar-refractivity contribution in [2.45, 2.75) is 40.0 Å². The van der Waals surface area contributed by atoms with Gasteiger partial charge < -0.3 is 19.2 Å². The molecule has 0 aliphatic heterocycles. The summed E-state index contributed by atoms with van der Waals surface area (Å²) >= 11 is 0. The minimum absolute atomic E-state index is 0.0409. The molecule has 7 aromatic carbocycles. The zero-order chi connectivity index (χ0) is 35.6. The lowest BCUT2D eigenvalue weighted by Crippen LogP contribution is -2.16. The van der Waals surface area contributed by atoms with Gasteiger partial charge in [-0.2, -0.15) is 0 Å². The molecule has 9 rings (SSSR count). The van der Waals surface area contributed by atoms with Crippen molar-refractivity contribution >= 4 is 72.2 Å². The van der Waals surface area contributed by atoms with Gasteiger partial charge in [-0.25, -0.2) is 0 Å². The maximum absolute atomic E-state index is 6.22. The Morgan fingerprint density at radius 2 is 1.15 bits per heavy atom. The molecule has 0 spiro atoms. The number of fused-ring (bicyclic) bond motifs is 6. The van der Waals surface area contributed by atoms with Crippen LogP contribution in [0.3, 0.4) is 0 Å². The van der Waals surface area contributed by atoms with Crippen molar-refractivity contribution in [3.8, 4) is 5.69 Å². The Labute approximate surface area is 304 Å². The fourth-order valence-electron chi connectivity index (χ4n) is 7.80. The van der Waals surface area contributed by atoms with E-state index in [2.05, 4.69) is 189 Å². The summed E-state index contributed by atoms with van der Waals surface area (Å²) in [6, 6.07) is 54.3. The van der Waals surface area contributed by atoms with Gasteiger partial charge in [-0.1, -0.05) is 99.6 Å². The number of para-hydroxylation sites is 3. The average Bonchev–Trinajstić information content (AvgIpc) is 3.68. The van der Waals surface area contributed by atoms with Crippen molar-refractivity contribution < 1.29 is 4.42 Å². The highest BCUT2D eigenvalue weighted by Gasteiger charge is 2.23. The van der Waals surface area contributed by atoms with E-state index in [4.69, 9.17) is 4.42 Å². The van der Waals surface area contributed by atoms with Crippen LogP contribution in [0.1, 0.15) is 37.5 Å². The van der Waals surface area contributed by atoms with E-state index in [-0.39, 0.29) is 5.41 Å². The molecule has 1 N–H and O–H groups in total. The van der Waals surface area contributed by atoms with Crippen molar-refractivity contribution in [1.29, 1.82) is 0 Å². The third kappa shape index (κ3) is 5.39. The second-order valence-electron chi connectivity index (χ2n) is 14.9. The first kappa shape index (κ1) is 31.7. The number of nitrogens with one attached hydrogen (secondary N) is 1. The van der Waals surface area contributed by atoms with Crippen LogP contribution in [0.2, 0.25) is 0 Å². The maximum atomic E-state index is 6.22. The molecule has 9 aromatic rings. The van der Waals surface area contributed by atoms with Gasteiger partial charge in [-0.05, 0) is 103 Å². The SMILES string of the molecule is Cc1cc(C(C)(C)C)cc(C)c1N(c1cccc(Nc2ccc3c(c2)oc2ccccc23)c1)c1ccc2c3ccccc3n(-c3ccccc3)c2c1. The lowest BCUT2D eigenvalue weighted by Gasteiger charge is -2.31. The van der Waals surface area contributed by atoms with Crippen LogP contribution in [0.15, 0.2) is 156 Å². The quantitative estimate of drug-likeness (QED) is 0.190. The van der Waals surface area contributed by atoms with Gasteiger partial charge in [0.2, 0.25) is 0 Å². The smallest absolute Gasteiger partial charge is 0.137 e. The average molecular weight is 676 g/mol. The van der Waals surface area contributed by atoms with E-state index in [0.717, 1.165) is 50.4 Å². The summed E-state index contributed by atoms with van der Waals surface area (Å²) in [6.07, 6.45) is 0. The maximum Gasteiger partial charge on any atom is 0.137 e. The number of rotatable bonds is 6. The number of benzene rings is 7. The van der Waals surface area contributed by atoms with Gasteiger partial charge in [0.05, 0.1) is 16.7 Å². The lowest BCUT2D eigenvalue weighted by atomic mass is 9.84. The summed E-state index contributed by atoms with van der Waals surface area (Å²) in [5, 5.41) is 8.41. The van der Waals surface area contributed by atoms with Crippen molar-refractivity contribution in [2.75, 3.05) is 10.2 Å². The Balaban J connectivity index is 1.21. The molecule has 0 fully saturated rings.